The Kier molecular flexibility index (Phi) is 8.64. The fourth-order valence-corrected chi connectivity index (χ4v) is 5.51. The monoisotopic (exact) mass is 493 g/mol. The summed E-state index contributed by atoms with van der Waals surface area (Å²) in [5, 5.41) is 0. The SMILES string of the molecule is CCC(NS(=O)(=O)c1ccc(OC)c(-c2ccc(CN3CCCCC3)[nH]2)c1)c1ccco1.Cl. The number of H-pyrrole nitrogens is 1. The number of benzene rings is 1. The molecule has 0 aliphatic carbocycles. The molecule has 4 rings (SSSR count). The maximum absolute atomic E-state index is 13.1. The van der Waals surface area contributed by atoms with Crippen LogP contribution in [0.5, 0.6) is 5.75 Å². The molecule has 1 saturated heterocycles. The number of piperidine rings is 1. The molecule has 2 aromatic heterocycles. The molecule has 1 fully saturated rings. The lowest BCUT2D eigenvalue weighted by Crippen LogP contribution is -2.29. The number of rotatable bonds is 9. The van der Waals surface area contributed by atoms with Crippen LogP contribution in [0.3, 0.4) is 0 Å². The van der Waals surface area contributed by atoms with E-state index in [9.17, 15) is 8.42 Å². The van der Waals surface area contributed by atoms with Crippen molar-refractivity contribution in [1.82, 2.24) is 14.6 Å². The second-order valence-corrected chi connectivity index (χ2v) is 9.91. The Balaban J connectivity index is 0.00000306. The lowest BCUT2D eigenvalue weighted by Gasteiger charge is -2.25. The molecule has 1 atom stereocenters. The summed E-state index contributed by atoms with van der Waals surface area (Å²) >= 11 is 0. The molecule has 0 amide bonds. The van der Waals surface area contributed by atoms with Crippen LogP contribution in [-0.4, -0.2) is 38.5 Å². The van der Waals surface area contributed by atoms with Crippen LogP contribution in [0.4, 0.5) is 0 Å². The Bertz CT molecular complexity index is 1120. The summed E-state index contributed by atoms with van der Waals surface area (Å²) in [5.41, 5.74) is 2.66. The maximum atomic E-state index is 13.1. The van der Waals surface area contributed by atoms with Crippen LogP contribution in [0.25, 0.3) is 11.3 Å². The third-order valence-corrected chi connectivity index (χ3v) is 7.42. The predicted octanol–water partition coefficient (Wildman–Crippen LogP) is 5.12. The number of sulfonamides is 1. The van der Waals surface area contributed by atoms with Crippen molar-refractivity contribution in [2.24, 2.45) is 0 Å². The van der Waals surface area contributed by atoms with Crippen LogP contribution in [-0.2, 0) is 16.6 Å². The van der Waals surface area contributed by atoms with E-state index in [2.05, 4.69) is 20.7 Å². The number of aromatic nitrogens is 1. The molecule has 1 aromatic carbocycles. The predicted molar refractivity (Wildman–Crippen MR) is 131 cm³/mol. The van der Waals surface area contributed by atoms with Crippen LogP contribution < -0.4 is 9.46 Å². The maximum Gasteiger partial charge on any atom is 0.241 e. The van der Waals surface area contributed by atoms with Gasteiger partial charge < -0.3 is 14.1 Å². The molecule has 3 aromatic rings. The van der Waals surface area contributed by atoms with Crippen LogP contribution >= 0.6 is 12.4 Å². The van der Waals surface area contributed by atoms with Crippen molar-refractivity contribution in [1.29, 1.82) is 0 Å². The van der Waals surface area contributed by atoms with Gasteiger partial charge in [0.05, 0.1) is 24.3 Å². The van der Waals surface area contributed by atoms with Crippen molar-refractivity contribution in [3.05, 3.63) is 60.2 Å². The molecule has 0 saturated carbocycles. The molecule has 180 valence electrons. The highest BCUT2D eigenvalue weighted by atomic mass is 35.5. The Morgan fingerprint density at radius 3 is 2.61 bits per heavy atom. The number of nitrogens with zero attached hydrogens (tertiary/aromatic N) is 1. The average Bonchev–Trinajstić information content (AvgIpc) is 3.50. The number of hydrogen-bond donors (Lipinski definition) is 2. The second-order valence-electron chi connectivity index (χ2n) is 8.19. The molecule has 3 heterocycles. The molecule has 1 aliphatic heterocycles. The minimum atomic E-state index is -3.76. The largest absolute Gasteiger partial charge is 0.496 e. The third kappa shape index (κ3) is 6.00. The molecule has 1 unspecified atom stereocenters. The van der Waals surface area contributed by atoms with Gasteiger partial charge in [-0.2, -0.15) is 0 Å². The van der Waals surface area contributed by atoms with Gasteiger partial charge in [-0.25, -0.2) is 13.1 Å². The van der Waals surface area contributed by atoms with E-state index < -0.39 is 16.1 Å². The van der Waals surface area contributed by atoms with Gasteiger partial charge in [-0.3, -0.25) is 4.90 Å². The first-order valence-electron chi connectivity index (χ1n) is 11.1. The van der Waals surface area contributed by atoms with Gasteiger partial charge in [0.25, 0.3) is 0 Å². The number of likely N-dealkylation sites (tertiary alicyclic amines) is 1. The normalized spacial score (nSPS) is 15.7. The Morgan fingerprint density at radius 1 is 1.15 bits per heavy atom. The highest BCUT2D eigenvalue weighted by Crippen LogP contribution is 2.32. The summed E-state index contributed by atoms with van der Waals surface area (Å²) in [6, 6.07) is 12.1. The number of methoxy groups -OCH3 is 1. The van der Waals surface area contributed by atoms with E-state index in [0.717, 1.165) is 31.0 Å². The van der Waals surface area contributed by atoms with E-state index in [0.29, 0.717) is 23.5 Å². The molecule has 0 spiro atoms. The number of halogens is 1. The molecule has 0 radical (unpaired) electrons. The number of hydrogen-bond acceptors (Lipinski definition) is 5. The Labute approximate surface area is 202 Å². The number of furan rings is 1. The van der Waals surface area contributed by atoms with Crippen LogP contribution in [0, 0.1) is 0 Å². The summed E-state index contributed by atoms with van der Waals surface area (Å²) < 4.78 is 40.0. The first-order chi connectivity index (χ1) is 15.5. The molecule has 7 nitrogen and oxygen atoms in total. The summed E-state index contributed by atoms with van der Waals surface area (Å²) in [6.07, 6.45) is 5.91. The van der Waals surface area contributed by atoms with E-state index in [1.807, 2.05) is 13.0 Å². The van der Waals surface area contributed by atoms with Gasteiger partial charge in [-0.1, -0.05) is 13.3 Å². The summed E-state index contributed by atoms with van der Waals surface area (Å²) in [5.74, 6) is 1.21. The van der Waals surface area contributed by atoms with Gasteiger partial charge in [0.15, 0.2) is 0 Å². The van der Waals surface area contributed by atoms with Gasteiger partial charge >= 0.3 is 0 Å². The lowest BCUT2D eigenvalue weighted by molar-refractivity contribution is 0.219. The van der Waals surface area contributed by atoms with E-state index in [1.54, 1.807) is 43.7 Å². The minimum Gasteiger partial charge on any atom is -0.496 e. The van der Waals surface area contributed by atoms with E-state index in [1.165, 1.54) is 19.3 Å². The highest BCUT2D eigenvalue weighted by molar-refractivity contribution is 7.89. The first kappa shape index (κ1) is 25.4. The molecular weight excluding hydrogens is 462 g/mol. The molecule has 0 bridgehead atoms. The van der Waals surface area contributed by atoms with E-state index in [-0.39, 0.29) is 17.3 Å². The van der Waals surface area contributed by atoms with Crippen LogP contribution in [0.1, 0.15) is 50.1 Å². The van der Waals surface area contributed by atoms with Crippen molar-refractivity contribution in [2.75, 3.05) is 20.2 Å². The van der Waals surface area contributed by atoms with E-state index >= 15 is 0 Å². The zero-order valence-corrected chi connectivity index (χ0v) is 20.7. The fraction of sp³-hybridized carbons (Fsp3) is 0.417. The number of aromatic amines is 1. The van der Waals surface area contributed by atoms with Crippen molar-refractivity contribution < 1.29 is 17.6 Å². The topological polar surface area (TPSA) is 87.6 Å². The highest BCUT2D eigenvalue weighted by Gasteiger charge is 2.24. The quantitative estimate of drug-likeness (QED) is 0.432. The van der Waals surface area contributed by atoms with Crippen LogP contribution in [0.2, 0.25) is 0 Å². The zero-order valence-electron chi connectivity index (χ0n) is 19.0. The number of nitrogens with one attached hydrogen (secondary N) is 2. The molecule has 1 aliphatic rings. The van der Waals surface area contributed by atoms with Crippen molar-refractivity contribution >= 4 is 22.4 Å². The molecule has 2 N–H and O–H groups in total. The Morgan fingerprint density at radius 2 is 1.94 bits per heavy atom. The first-order valence-corrected chi connectivity index (χ1v) is 12.6. The van der Waals surface area contributed by atoms with Crippen molar-refractivity contribution in [3.63, 3.8) is 0 Å². The summed E-state index contributed by atoms with van der Waals surface area (Å²) in [6.45, 7) is 5.01. The van der Waals surface area contributed by atoms with Crippen LogP contribution in [0.15, 0.2) is 58.0 Å². The van der Waals surface area contributed by atoms with Gasteiger partial charge in [-0.05, 0) is 74.8 Å². The third-order valence-electron chi connectivity index (χ3n) is 5.95. The minimum absolute atomic E-state index is 0. The zero-order chi connectivity index (χ0) is 22.6. The van der Waals surface area contributed by atoms with E-state index in [4.69, 9.17) is 9.15 Å². The average molecular weight is 494 g/mol. The summed E-state index contributed by atoms with van der Waals surface area (Å²) in [4.78, 5) is 6.08. The van der Waals surface area contributed by atoms with Gasteiger partial charge in [0, 0.05) is 23.5 Å². The van der Waals surface area contributed by atoms with Crippen molar-refractivity contribution in [3.8, 4) is 17.0 Å². The van der Waals surface area contributed by atoms with Crippen molar-refractivity contribution in [2.45, 2.75) is 50.1 Å². The van der Waals surface area contributed by atoms with Gasteiger partial charge in [-0.15, -0.1) is 12.4 Å². The standard InChI is InChI=1S/C24H31N3O4S.ClH/c1-3-21(24-8-7-15-31-24)26-32(28,29)19-10-12-23(30-2)20(16-19)22-11-9-18(25-22)17-27-13-5-4-6-14-27;/h7-12,15-16,21,25-26H,3-6,13-14,17H2,1-2H3;1H. The van der Waals surface area contributed by atoms with Gasteiger partial charge in [0.1, 0.15) is 11.5 Å². The molecule has 33 heavy (non-hydrogen) atoms. The molecular formula is C24H32ClN3O4S. The smallest absolute Gasteiger partial charge is 0.241 e. The second kappa shape index (κ2) is 11.2. The Hall–Kier alpha value is -2.26. The lowest BCUT2D eigenvalue weighted by atomic mass is 10.1. The molecule has 9 heteroatoms. The summed E-state index contributed by atoms with van der Waals surface area (Å²) in [7, 11) is -2.17. The fourth-order valence-electron chi connectivity index (χ4n) is 4.20. The number of ether oxygens (including phenoxy) is 1. The van der Waals surface area contributed by atoms with Gasteiger partial charge in [0.2, 0.25) is 10.0 Å².